The predicted octanol–water partition coefficient (Wildman–Crippen LogP) is 2.58. The topological polar surface area (TPSA) is 77.6 Å². The van der Waals surface area contributed by atoms with E-state index in [0.717, 1.165) is 4.68 Å². The van der Waals surface area contributed by atoms with Crippen molar-refractivity contribution in [3.8, 4) is 0 Å². The third-order valence-electron chi connectivity index (χ3n) is 2.60. The number of alkyl halides is 2. The van der Waals surface area contributed by atoms with Gasteiger partial charge in [0, 0.05) is 12.7 Å². The number of hydrogen-bond donors (Lipinski definition) is 1. The lowest BCUT2D eigenvalue weighted by Gasteiger charge is -2.09. The van der Waals surface area contributed by atoms with Gasteiger partial charge in [0.05, 0.1) is 5.02 Å². The number of hydrogen-bond acceptors (Lipinski definition) is 5. The van der Waals surface area contributed by atoms with Crippen LogP contribution in [0, 0.1) is 0 Å². The molecule has 0 fully saturated rings. The van der Waals surface area contributed by atoms with Gasteiger partial charge in [0.15, 0.2) is 5.69 Å². The summed E-state index contributed by atoms with van der Waals surface area (Å²) in [7, 11) is 0. The molecule has 2 rings (SSSR count). The van der Waals surface area contributed by atoms with Gasteiger partial charge in [-0.15, -0.1) is 10.2 Å². The van der Waals surface area contributed by atoms with Gasteiger partial charge in [0.2, 0.25) is 11.0 Å². The molecule has 1 amide bonds. The van der Waals surface area contributed by atoms with Crippen molar-refractivity contribution in [2.24, 2.45) is 0 Å². The molecule has 0 aliphatic carbocycles. The highest BCUT2D eigenvalue weighted by Crippen LogP contribution is 2.22. The van der Waals surface area contributed by atoms with Gasteiger partial charge >= 0.3 is 0 Å². The van der Waals surface area contributed by atoms with E-state index in [9.17, 15) is 13.6 Å². The molecule has 0 atom stereocenters. The van der Waals surface area contributed by atoms with Crippen LogP contribution < -0.4 is 5.43 Å². The third kappa shape index (κ3) is 3.38. The second-order valence-corrected chi connectivity index (χ2v) is 5.67. The highest BCUT2D eigenvalue weighted by Gasteiger charge is 2.24. The summed E-state index contributed by atoms with van der Waals surface area (Å²) in [5, 5.41) is 11.3. The summed E-state index contributed by atoms with van der Waals surface area (Å²) in [5.41, 5.74) is 2.26. The fourth-order valence-corrected chi connectivity index (χ4v) is 2.48. The van der Waals surface area contributed by atoms with Gasteiger partial charge in [0.1, 0.15) is 0 Å². The zero-order valence-electron chi connectivity index (χ0n) is 11.8. The van der Waals surface area contributed by atoms with Gasteiger partial charge in [-0.3, -0.25) is 14.9 Å². The number of amides is 1. The van der Waals surface area contributed by atoms with E-state index < -0.39 is 18.2 Å². The van der Waals surface area contributed by atoms with Gasteiger partial charge in [0.25, 0.3) is 12.3 Å². The molecule has 0 saturated heterocycles. The average molecular weight is 351 g/mol. The first-order valence-electron chi connectivity index (χ1n) is 6.38. The van der Waals surface area contributed by atoms with Crippen molar-refractivity contribution < 1.29 is 13.6 Å². The summed E-state index contributed by atoms with van der Waals surface area (Å²) in [6, 6.07) is 0. The fourth-order valence-electron chi connectivity index (χ4n) is 1.62. The monoisotopic (exact) mass is 350 g/mol. The largest absolute Gasteiger partial charge is 0.299 e. The van der Waals surface area contributed by atoms with E-state index in [0.29, 0.717) is 12.3 Å². The molecule has 120 valence electrons. The van der Waals surface area contributed by atoms with E-state index in [1.165, 1.54) is 22.6 Å². The second kappa shape index (κ2) is 7.05. The number of carbonyl (C=O) groups is 1. The first kappa shape index (κ1) is 16.7. The Hall–Kier alpha value is -1.68. The molecular formula is C11H13ClF2N6OS. The standard InChI is InChI=1S/C11H13ClF2N6OS/c1-3-19-5-6(12)7(17-19)10(21)18-20-9(8(13)14)15-16-11(20)22-4-2/h5,8H,3-4H2,1-2H3,(H,18,21). The zero-order chi connectivity index (χ0) is 16.3. The van der Waals surface area contributed by atoms with Crippen molar-refractivity contribution in [1.29, 1.82) is 0 Å². The van der Waals surface area contributed by atoms with Crippen LogP contribution in [0.25, 0.3) is 0 Å². The Balaban J connectivity index is 2.30. The SMILES string of the molecule is CCSc1nnc(C(F)F)n1NC(=O)c1nn(CC)cc1Cl. The lowest BCUT2D eigenvalue weighted by atomic mass is 10.4. The fraction of sp³-hybridized carbons (Fsp3) is 0.455. The maximum absolute atomic E-state index is 12.9. The Labute approximate surface area is 134 Å². The van der Waals surface area contributed by atoms with E-state index in [1.807, 2.05) is 13.8 Å². The molecule has 0 spiro atoms. The molecule has 2 aromatic rings. The molecule has 7 nitrogen and oxygen atoms in total. The highest BCUT2D eigenvalue weighted by atomic mass is 35.5. The summed E-state index contributed by atoms with van der Waals surface area (Å²) >= 11 is 7.10. The van der Waals surface area contributed by atoms with Gasteiger partial charge in [-0.25, -0.2) is 13.5 Å². The van der Waals surface area contributed by atoms with E-state index in [-0.39, 0.29) is 15.9 Å². The average Bonchev–Trinajstić information content (AvgIpc) is 3.03. The van der Waals surface area contributed by atoms with Crippen molar-refractivity contribution in [3.63, 3.8) is 0 Å². The first-order chi connectivity index (χ1) is 10.5. The summed E-state index contributed by atoms with van der Waals surface area (Å²) in [6.07, 6.45) is -1.39. The van der Waals surface area contributed by atoms with E-state index in [4.69, 9.17) is 11.6 Å². The minimum Gasteiger partial charge on any atom is -0.271 e. The molecule has 0 unspecified atom stereocenters. The lowest BCUT2D eigenvalue weighted by Crippen LogP contribution is -2.26. The van der Waals surface area contributed by atoms with Crippen molar-refractivity contribution >= 4 is 29.3 Å². The maximum Gasteiger partial charge on any atom is 0.299 e. The minimum atomic E-state index is -2.87. The van der Waals surface area contributed by atoms with Crippen molar-refractivity contribution in [1.82, 2.24) is 24.7 Å². The van der Waals surface area contributed by atoms with Gasteiger partial charge in [-0.2, -0.15) is 5.10 Å². The number of nitrogens with one attached hydrogen (secondary N) is 1. The van der Waals surface area contributed by atoms with Crippen LogP contribution in [-0.4, -0.2) is 36.3 Å². The number of aromatic nitrogens is 5. The predicted molar refractivity (Wildman–Crippen MR) is 78.0 cm³/mol. The quantitative estimate of drug-likeness (QED) is 0.810. The van der Waals surface area contributed by atoms with Crippen molar-refractivity contribution in [2.45, 2.75) is 32.0 Å². The molecule has 0 aliphatic heterocycles. The van der Waals surface area contributed by atoms with Crippen LogP contribution in [-0.2, 0) is 6.54 Å². The number of halogens is 3. The summed E-state index contributed by atoms with van der Waals surface area (Å²) in [5.74, 6) is -0.769. The Kier molecular flexibility index (Phi) is 5.35. The molecule has 22 heavy (non-hydrogen) atoms. The molecule has 2 aromatic heterocycles. The third-order valence-corrected chi connectivity index (χ3v) is 3.68. The molecule has 0 aliphatic rings. The second-order valence-electron chi connectivity index (χ2n) is 4.03. The highest BCUT2D eigenvalue weighted by molar-refractivity contribution is 7.99. The Bertz CT molecular complexity index is 674. The van der Waals surface area contributed by atoms with Crippen LogP contribution in [0.5, 0.6) is 0 Å². The maximum atomic E-state index is 12.9. The van der Waals surface area contributed by atoms with Crippen LogP contribution >= 0.6 is 23.4 Å². The molecule has 0 radical (unpaired) electrons. The number of rotatable bonds is 6. The van der Waals surface area contributed by atoms with Crippen molar-refractivity contribution in [3.05, 3.63) is 22.7 Å². The van der Waals surface area contributed by atoms with E-state index in [2.05, 4.69) is 20.7 Å². The van der Waals surface area contributed by atoms with Gasteiger partial charge < -0.3 is 0 Å². The molecule has 2 heterocycles. The number of nitrogens with zero attached hydrogens (tertiary/aromatic N) is 5. The number of thioether (sulfide) groups is 1. The zero-order valence-corrected chi connectivity index (χ0v) is 13.3. The summed E-state index contributed by atoms with van der Waals surface area (Å²) in [6.45, 7) is 4.18. The van der Waals surface area contributed by atoms with Crippen LogP contribution in [0.1, 0.15) is 36.6 Å². The van der Waals surface area contributed by atoms with E-state index >= 15 is 0 Å². The van der Waals surface area contributed by atoms with Crippen molar-refractivity contribution in [2.75, 3.05) is 11.2 Å². The van der Waals surface area contributed by atoms with E-state index in [1.54, 1.807) is 0 Å². The summed E-state index contributed by atoms with van der Waals surface area (Å²) < 4.78 is 28.2. The van der Waals surface area contributed by atoms with Crippen LogP contribution in [0.15, 0.2) is 11.4 Å². The van der Waals surface area contributed by atoms with Crippen LogP contribution in [0.2, 0.25) is 5.02 Å². The molecular weight excluding hydrogens is 338 g/mol. The number of carbonyl (C=O) groups excluding carboxylic acids is 1. The Morgan fingerprint density at radius 2 is 2.18 bits per heavy atom. The Morgan fingerprint density at radius 3 is 2.73 bits per heavy atom. The Morgan fingerprint density at radius 1 is 1.45 bits per heavy atom. The molecule has 1 N–H and O–H groups in total. The lowest BCUT2D eigenvalue weighted by molar-refractivity contribution is 0.0991. The van der Waals surface area contributed by atoms with Gasteiger partial charge in [-0.1, -0.05) is 30.3 Å². The molecule has 0 saturated carbocycles. The van der Waals surface area contributed by atoms with Gasteiger partial charge in [-0.05, 0) is 12.7 Å². The van der Waals surface area contributed by atoms with Crippen LogP contribution in [0.4, 0.5) is 8.78 Å². The van der Waals surface area contributed by atoms with Crippen LogP contribution in [0.3, 0.4) is 0 Å². The first-order valence-corrected chi connectivity index (χ1v) is 7.74. The number of aryl methyl sites for hydroxylation is 1. The summed E-state index contributed by atoms with van der Waals surface area (Å²) in [4.78, 5) is 12.2. The molecule has 11 heteroatoms. The molecule has 0 aromatic carbocycles. The minimum absolute atomic E-state index is 0.0510. The normalized spacial score (nSPS) is 11.2. The molecule has 0 bridgehead atoms. The smallest absolute Gasteiger partial charge is 0.271 e.